The van der Waals surface area contributed by atoms with Crippen LogP contribution in [0.2, 0.25) is 10.0 Å². The van der Waals surface area contributed by atoms with Gasteiger partial charge in [-0.25, -0.2) is 4.98 Å². The van der Waals surface area contributed by atoms with E-state index in [2.05, 4.69) is 4.98 Å². The molecule has 0 atom stereocenters. The number of amides is 1. The van der Waals surface area contributed by atoms with Gasteiger partial charge in [0.25, 0.3) is 5.91 Å². The molecule has 0 aliphatic carbocycles. The first kappa shape index (κ1) is 21.6. The zero-order chi connectivity index (χ0) is 21.0. The molecule has 29 heavy (non-hydrogen) atoms. The SMILES string of the molecule is COc1cccc2sc(N(CCN(C)C)C(=O)COc3ccc(Cl)cc3Cl)nc12. The van der Waals surface area contributed by atoms with Crippen LogP contribution in [0.25, 0.3) is 10.2 Å². The number of nitrogens with zero attached hydrogens (tertiary/aromatic N) is 3. The number of hydrogen-bond donors (Lipinski definition) is 0. The number of rotatable bonds is 8. The molecule has 1 aromatic heterocycles. The average molecular weight is 454 g/mol. The molecule has 3 rings (SSSR count). The highest BCUT2D eigenvalue weighted by Gasteiger charge is 2.22. The first-order valence-electron chi connectivity index (χ1n) is 8.85. The van der Waals surface area contributed by atoms with Gasteiger partial charge in [0.15, 0.2) is 11.7 Å². The van der Waals surface area contributed by atoms with E-state index in [-0.39, 0.29) is 12.5 Å². The Labute approximate surface area is 183 Å². The molecule has 1 heterocycles. The summed E-state index contributed by atoms with van der Waals surface area (Å²) >= 11 is 13.5. The van der Waals surface area contributed by atoms with E-state index in [1.807, 2.05) is 37.2 Å². The minimum atomic E-state index is -0.212. The van der Waals surface area contributed by atoms with Gasteiger partial charge in [0.2, 0.25) is 0 Å². The van der Waals surface area contributed by atoms with E-state index in [1.165, 1.54) is 11.3 Å². The molecule has 6 nitrogen and oxygen atoms in total. The van der Waals surface area contributed by atoms with E-state index >= 15 is 0 Å². The number of fused-ring (bicyclic) bond motifs is 1. The monoisotopic (exact) mass is 453 g/mol. The van der Waals surface area contributed by atoms with Gasteiger partial charge in [-0.3, -0.25) is 9.69 Å². The first-order valence-corrected chi connectivity index (χ1v) is 10.4. The number of para-hydroxylation sites is 1. The van der Waals surface area contributed by atoms with Crippen LogP contribution in [0.5, 0.6) is 11.5 Å². The molecule has 2 aromatic carbocycles. The Bertz CT molecular complexity index is 1010. The Kier molecular flexibility index (Phi) is 7.18. The van der Waals surface area contributed by atoms with Gasteiger partial charge in [-0.05, 0) is 44.4 Å². The number of halogens is 2. The Morgan fingerprint density at radius 3 is 2.62 bits per heavy atom. The molecule has 0 saturated heterocycles. The molecule has 0 spiro atoms. The predicted molar refractivity (Wildman–Crippen MR) is 119 cm³/mol. The Balaban J connectivity index is 1.83. The van der Waals surface area contributed by atoms with E-state index in [9.17, 15) is 4.79 Å². The summed E-state index contributed by atoms with van der Waals surface area (Å²) in [7, 11) is 5.51. The van der Waals surface area contributed by atoms with Crippen molar-refractivity contribution in [2.24, 2.45) is 0 Å². The Hall–Kier alpha value is -2.06. The predicted octanol–water partition coefficient (Wildman–Crippen LogP) is 4.59. The van der Waals surface area contributed by atoms with Crippen molar-refractivity contribution in [2.45, 2.75) is 0 Å². The fraction of sp³-hybridized carbons (Fsp3) is 0.300. The van der Waals surface area contributed by atoms with E-state index in [1.54, 1.807) is 30.2 Å². The lowest BCUT2D eigenvalue weighted by Gasteiger charge is -2.22. The number of anilines is 1. The molecule has 0 saturated carbocycles. The lowest BCUT2D eigenvalue weighted by atomic mass is 10.3. The second-order valence-electron chi connectivity index (χ2n) is 6.52. The Morgan fingerprint density at radius 2 is 1.93 bits per heavy atom. The first-order chi connectivity index (χ1) is 13.9. The number of carbonyl (C=O) groups excluding carboxylic acids is 1. The second-order valence-corrected chi connectivity index (χ2v) is 8.37. The molecule has 0 unspecified atom stereocenters. The summed E-state index contributed by atoms with van der Waals surface area (Å²) in [6.07, 6.45) is 0. The molecular weight excluding hydrogens is 433 g/mol. The van der Waals surface area contributed by atoms with Crippen molar-refractivity contribution >= 4 is 55.8 Å². The molecule has 0 aliphatic heterocycles. The van der Waals surface area contributed by atoms with Crippen molar-refractivity contribution in [3.8, 4) is 11.5 Å². The van der Waals surface area contributed by atoms with Gasteiger partial charge in [-0.1, -0.05) is 40.6 Å². The number of ether oxygens (including phenoxy) is 2. The fourth-order valence-corrected chi connectivity index (χ4v) is 4.12. The quantitative estimate of drug-likeness (QED) is 0.499. The maximum atomic E-state index is 13.0. The van der Waals surface area contributed by atoms with Crippen LogP contribution in [0.15, 0.2) is 36.4 Å². The molecule has 154 valence electrons. The van der Waals surface area contributed by atoms with Gasteiger partial charge < -0.3 is 14.4 Å². The number of likely N-dealkylation sites (N-methyl/N-ethyl adjacent to an activating group) is 1. The minimum absolute atomic E-state index is 0.165. The summed E-state index contributed by atoms with van der Waals surface area (Å²) in [6.45, 7) is 0.994. The number of methoxy groups -OCH3 is 1. The van der Waals surface area contributed by atoms with Gasteiger partial charge >= 0.3 is 0 Å². The molecule has 3 aromatic rings. The molecule has 0 bridgehead atoms. The van der Waals surface area contributed by atoms with Gasteiger partial charge in [0.1, 0.15) is 17.0 Å². The maximum absolute atomic E-state index is 13.0. The average Bonchev–Trinajstić information content (AvgIpc) is 3.11. The largest absolute Gasteiger partial charge is 0.494 e. The number of thiazole rings is 1. The molecule has 0 aliphatic rings. The summed E-state index contributed by atoms with van der Waals surface area (Å²) in [6, 6.07) is 10.6. The van der Waals surface area contributed by atoms with Crippen molar-refractivity contribution in [3.63, 3.8) is 0 Å². The highest BCUT2D eigenvalue weighted by molar-refractivity contribution is 7.22. The second kappa shape index (κ2) is 9.63. The van der Waals surface area contributed by atoms with Crippen molar-refractivity contribution in [1.82, 2.24) is 9.88 Å². The van der Waals surface area contributed by atoms with Crippen LogP contribution >= 0.6 is 34.5 Å². The third-order valence-electron chi connectivity index (χ3n) is 4.14. The molecule has 0 radical (unpaired) electrons. The number of aromatic nitrogens is 1. The molecule has 0 fully saturated rings. The van der Waals surface area contributed by atoms with Crippen LogP contribution in [-0.4, -0.2) is 56.7 Å². The third kappa shape index (κ3) is 5.30. The van der Waals surface area contributed by atoms with E-state index in [0.29, 0.717) is 39.8 Å². The highest BCUT2D eigenvalue weighted by atomic mass is 35.5. The highest BCUT2D eigenvalue weighted by Crippen LogP contribution is 2.34. The molecule has 0 N–H and O–H groups in total. The fourth-order valence-electron chi connectivity index (χ4n) is 2.63. The van der Waals surface area contributed by atoms with Gasteiger partial charge in [0.05, 0.1) is 16.8 Å². The number of carbonyl (C=O) groups is 1. The molecule has 9 heteroatoms. The van der Waals surface area contributed by atoms with Crippen molar-refractivity contribution in [1.29, 1.82) is 0 Å². The standard InChI is InChI=1S/C20H21Cl2N3O3S/c1-24(2)9-10-25(18(26)12-28-15-8-7-13(21)11-14(15)22)20-23-19-16(27-3)5-4-6-17(19)29-20/h4-8,11H,9-10,12H2,1-3H3. The van der Waals surface area contributed by atoms with Gasteiger partial charge in [-0.15, -0.1) is 0 Å². The molecule has 1 amide bonds. The number of hydrogen-bond acceptors (Lipinski definition) is 6. The summed E-state index contributed by atoms with van der Waals surface area (Å²) < 4.78 is 12.0. The van der Waals surface area contributed by atoms with E-state index < -0.39 is 0 Å². The van der Waals surface area contributed by atoms with Crippen LogP contribution in [0, 0.1) is 0 Å². The van der Waals surface area contributed by atoms with Gasteiger partial charge in [-0.2, -0.15) is 0 Å². The van der Waals surface area contributed by atoms with Crippen LogP contribution in [-0.2, 0) is 4.79 Å². The summed E-state index contributed by atoms with van der Waals surface area (Å²) in [5.41, 5.74) is 0.735. The summed E-state index contributed by atoms with van der Waals surface area (Å²) in [5, 5.41) is 1.46. The lowest BCUT2D eigenvalue weighted by molar-refractivity contribution is -0.120. The van der Waals surface area contributed by atoms with E-state index in [4.69, 9.17) is 32.7 Å². The number of benzene rings is 2. The minimum Gasteiger partial charge on any atom is -0.494 e. The zero-order valence-corrected chi connectivity index (χ0v) is 18.6. The zero-order valence-electron chi connectivity index (χ0n) is 16.3. The normalized spacial score (nSPS) is 11.1. The van der Waals surface area contributed by atoms with Crippen LogP contribution < -0.4 is 14.4 Å². The van der Waals surface area contributed by atoms with Crippen molar-refractivity contribution in [2.75, 3.05) is 45.8 Å². The topological polar surface area (TPSA) is 54.9 Å². The summed E-state index contributed by atoms with van der Waals surface area (Å²) in [5.74, 6) is 0.869. The maximum Gasteiger partial charge on any atom is 0.266 e. The van der Waals surface area contributed by atoms with E-state index in [0.717, 1.165) is 10.2 Å². The lowest BCUT2D eigenvalue weighted by Crippen LogP contribution is -2.39. The van der Waals surface area contributed by atoms with Crippen molar-refractivity contribution < 1.29 is 14.3 Å². The Morgan fingerprint density at radius 1 is 1.14 bits per heavy atom. The van der Waals surface area contributed by atoms with Crippen molar-refractivity contribution in [3.05, 3.63) is 46.4 Å². The molecular formula is C20H21Cl2N3O3S. The van der Waals surface area contributed by atoms with Crippen LogP contribution in [0.3, 0.4) is 0 Å². The van der Waals surface area contributed by atoms with Crippen LogP contribution in [0.4, 0.5) is 5.13 Å². The third-order valence-corrected chi connectivity index (χ3v) is 5.71. The smallest absolute Gasteiger partial charge is 0.266 e. The van der Waals surface area contributed by atoms with Crippen LogP contribution in [0.1, 0.15) is 0 Å². The van der Waals surface area contributed by atoms with Gasteiger partial charge in [0, 0.05) is 18.1 Å². The summed E-state index contributed by atoms with van der Waals surface area (Å²) in [4.78, 5) is 21.3.